The third kappa shape index (κ3) is 3.14. The molecule has 3 aromatic rings. The van der Waals surface area contributed by atoms with Crippen LogP contribution in [0.4, 0.5) is 5.69 Å². The van der Waals surface area contributed by atoms with E-state index in [2.05, 4.69) is 10.3 Å². The number of primary amides is 2. The number of benzene rings is 1. The summed E-state index contributed by atoms with van der Waals surface area (Å²) >= 11 is 1.32. The Balaban J connectivity index is 2.04. The normalized spacial score (nSPS) is 10.6. The Morgan fingerprint density at radius 3 is 2.74 bits per heavy atom. The van der Waals surface area contributed by atoms with Crippen molar-refractivity contribution < 1.29 is 9.59 Å². The maximum absolute atomic E-state index is 11.4. The van der Waals surface area contributed by atoms with Crippen molar-refractivity contribution in [3.63, 3.8) is 0 Å². The average molecular weight is 326 g/mol. The van der Waals surface area contributed by atoms with E-state index in [1.54, 1.807) is 18.5 Å². The van der Waals surface area contributed by atoms with Crippen molar-refractivity contribution in [2.45, 2.75) is 0 Å². The first kappa shape index (κ1) is 15.0. The van der Waals surface area contributed by atoms with Gasteiger partial charge >= 0.3 is 0 Å². The highest BCUT2D eigenvalue weighted by Crippen LogP contribution is 2.34. The molecule has 0 bridgehead atoms. The van der Waals surface area contributed by atoms with Crippen LogP contribution in [0.3, 0.4) is 0 Å². The maximum atomic E-state index is 11.4. The van der Waals surface area contributed by atoms with Gasteiger partial charge in [-0.3, -0.25) is 14.6 Å². The Kier molecular flexibility index (Phi) is 3.94. The topological polar surface area (TPSA) is 111 Å². The van der Waals surface area contributed by atoms with E-state index < -0.39 is 11.8 Å². The highest BCUT2D eigenvalue weighted by atomic mass is 32.1. The summed E-state index contributed by atoms with van der Waals surface area (Å²) in [6, 6.07) is 9.35. The number of anilines is 1. The Labute approximate surface area is 136 Å². The number of aromatic nitrogens is 1. The molecule has 1 aromatic carbocycles. The van der Waals surface area contributed by atoms with Crippen molar-refractivity contribution in [1.82, 2.24) is 4.98 Å². The summed E-state index contributed by atoms with van der Waals surface area (Å²) in [7, 11) is 0. The van der Waals surface area contributed by atoms with Crippen LogP contribution in [0.2, 0.25) is 0 Å². The second kappa shape index (κ2) is 6.05. The monoisotopic (exact) mass is 326 g/mol. The highest BCUT2D eigenvalue weighted by Gasteiger charge is 2.11. The van der Waals surface area contributed by atoms with Crippen LogP contribution in [-0.4, -0.2) is 23.3 Å². The number of fused-ring (bicyclic) bond motifs is 1. The number of hydrogen-bond acceptors (Lipinski definition) is 5. The Morgan fingerprint density at radius 1 is 1.17 bits per heavy atom. The molecule has 0 aliphatic heterocycles. The van der Waals surface area contributed by atoms with Gasteiger partial charge in [0.05, 0.1) is 16.1 Å². The first-order chi connectivity index (χ1) is 11.0. The second-order valence-corrected chi connectivity index (χ2v) is 6.06. The number of hydrogen-bond donors (Lipinski definition) is 3. The van der Waals surface area contributed by atoms with Crippen LogP contribution in [0, 0.1) is 0 Å². The van der Waals surface area contributed by atoms with Crippen molar-refractivity contribution in [3.8, 4) is 11.1 Å². The van der Waals surface area contributed by atoms with Crippen LogP contribution >= 0.6 is 11.3 Å². The van der Waals surface area contributed by atoms with E-state index in [0.717, 1.165) is 26.9 Å². The first-order valence-electron chi connectivity index (χ1n) is 6.84. The fraction of sp³-hybridized carbons (Fsp3) is 0.0625. The van der Waals surface area contributed by atoms with E-state index in [9.17, 15) is 9.59 Å². The zero-order valence-electron chi connectivity index (χ0n) is 12.1. The van der Waals surface area contributed by atoms with Gasteiger partial charge in [-0.25, -0.2) is 0 Å². The van der Waals surface area contributed by atoms with E-state index in [0.29, 0.717) is 4.88 Å². The predicted molar refractivity (Wildman–Crippen MR) is 91.3 cm³/mol. The molecule has 0 spiro atoms. The summed E-state index contributed by atoms with van der Waals surface area (Å²) in [6.45, 7) is 0.0657. The van der Waals surface area contributed by atoms with Crippen molar-refractivity contribution >= 4 is 38.9 Å². The van der Waals surface area contributed by atoms with Gasteiger partial charge in [-0.1, -0.05) is 12.1 Å². The van der Waals surface area contributed by atoms with Crippen molar-refractivity contribution in [2.75, 3.05) is 11.9 Å². The van der Waals surface area contributed by atoms with E-state index >= 15 is 0 Å². The van der Waals surface area contributed by atoms with Crippen LogP contribution in [0.1, 0.15) is 9.67 Å². The SMILES string of the molecule is NC(=O)CNc1cccc(-c2cncc3sc(C(N)=O)cc23)c1. The minimum atomic E-state index is -0.450. The molecule has 0 unspecified atom stereocenters. The number of thiophene rings is 1. The van der Waals surface area contributed by atoms with Gasteiger partial charge in [0.2, 0.25) is 5.91 Å². The number of rotatable bonds is 5. The number of carbonyl (C=O) groups excluding carboxylic acids is 2. The van der Waals surface area contributed by atoms with E-state index in [4.69, 9.17) is 11.5 Å². The van der Waals surface area contributed by atoms with Gasteiger partial charge < -0.3 is 16.8 Å². The molecule has 0 aliphatic carbocycles. The molecular weight excluding hydrogens is 312 g/mol. The molecule has 0 saturated heterocycles. The highest BCUT2D eigenvalue weighted by molar-refractivity contribution is 7.20. The Hall–Kier alpha value is -2.93. The number of nitrogens with two attached hydrogens (primary N) is 2. The summed E-state index contributed by atoms with van der Waals surface area (Å²) in [5, 5.41) is 3.88. The number of nitrogens with one attached hydrogen (secondary N) is 1. The molecule has 5 N–H and O–H groups in total. The van der Waals surface area contributed by atoms with Gasteiger partial charge in [-0.15, -0.1) is 11.3 Å². The number of carbonyl (C=O) groups is 2. The minimum Gasteiger partial charge on any atom is -0.376 e. The van der Waals surface area contributed by atoms with E-state index in [1.165, 1.54) is 11.3 Å². The van der Waals surface area contributed by atoms with Crippen LogP contribution < -0.4 is 16.8 Å². The van der Waals surface area contributed by atoms with Crippen LogP contribution in [-0.2, 0) is 4.79 Å². The second-order valence-electron chi connectivity index (χ2n) is 4.97. The fourth-order valence-electron chi connectivity index (χ4n) is 2.30. The van der Waals surface area contributed by atoms with Crippen molar-refractivity contribution in [1.29, 1.82) is 0 Å². The summed E-state index contributed by atoms with van der Waals surface area (Å²) < 4.78 is 0.895. The standard InChI is InChI=1S/C16H14N4O2S/c17-15(21)8-20-10-3-1-2-9(4-10)12-6-19-7-14-11(12)5-13(23-14)16(18)22/h1-7,20H,8H2,(H2,17,21)(H2,18,22). The van der Waals surface area contributed by atoms with Crippen LogP contribution in [0.25, 0.3) is 21.2 Å². The molecule has 3 rings (SSSR count). The lowest BCUT2D eigenvalue weighted by Crippen LogP contribution is -2.21. The molecule has 0 atom stereocenters. The van der Waals surface area contributed by atoms with Gasteiger partial charge in [0, 0.05) is 29.0 Å². The van der Waals surface area contributed by atoms with Gasteiger partial charge in [-0.05, 0) is 23.8 Å². The molecule has 2 aromatic heterocycles. The number of pyridine rings is 1. The lowest BCUT2D eigenvalue weighted by Gasteiger charge is -2.08. The summed E-state index contributed by atoms with van der Waals surface area (Å²) in [4.78, 5) is 27.0. The summed E-state index contributed by atoms with van der Waals surface area (Å²) in [5.74, 6) is -0.878. The first-order valence-corrected chi connectivity index (χ1v) is 7.66. The van der Waals surface area contributed by atoms with Crippen LogP contribution in [0.5, 0.6) is 0 Å². The predicted octanol–water partition coefficient (Wildman–Crippen LogP) is 1.96. The zero-order chi connectivity index (χ0) is 16.4. The lowest BCUT2D eigenvalue weighted by molar-refractivity contribution is -0.116. The third-order valence-corrected chi connectivity index (χ3v) is 4.41. The number of nitrogens with zero attached hydrogens (tertiary/aromatic N) is 1. The van der Waals surface area contributed by atoms with Gasteiger partial charge in [0.25, 0.3) is 5.91 Å². The molecule has 2 heterocycles. The molecule has 0 fully saturated rings. The van der Waals surface area contributed by atoms with Gasteiger partial charge in [0.15, 0.2) is 0 Å². The molecule has 2 amide bonds. The lowest BCUT2D eigenvalue weighted by atomic mass is 10.0. The van der Waals surface area contributed by atoms with Gasteiger partial charge in [-0.2, -0.15) is 0 Å². The molecular formula is C16H14N4O2S. The smallest absolute Gasteiger partial charge is 0.258 e. The quantitative estimate of drug-likeness (QED) is 0.665. The van der Waals surface area contributed by atoms with Crippen LogP contribution in [0.15, 0.2) is 42.7 Å². The summed E-state index contributed by atoms with van der Waals surface area (Å²) in [6.07, 6.45) is 3.46. The average Bonchev–Trinajstić information content (AvgIpc) is 2.97. The molecule has 23 heavy (non-hydrogen) atoms. The summed E-state index contributed by atoms with van der Waals surface area (Å²) in [5.41, 5.74) is 13.1. The molecule has 7 heteroatoms. The molecule has 0 aliphatic rings. The zero-order valence-corrected chi connectivity index (χ0v) is 12.9. The molecule has 0 radical (unpaired) electrons. The molecule has 116 valence electrons. The minimum absolute atomic E-state index is 0.0657. The van der Waals surface area contributed by atoms with E-state index in [-0.39, 0.29) is 6.54 Å². The Bertz CT molecular complexity index is 904. The van der Waals surface area contributed by atoms with E-state index in [1.807, 2.05) is 24.3 Å². The molecule has 0 saturated carbocycles. The van der Waals surface area contributed by atoms with Gasteiger partial charge in [0.1, 0.15) is 0 Å². The van der Waals surface area contributed by atoms with Crippen molar-refractivity contribution in [2.24, 2.45) is 11.5 Å². The van der Waals surface area contributed by atoms with Crippen molar-refractivity contribution in [3.05, 3.63) is 47.6 Å². The fourth-order valence-corrected chi connectivity index (χ4v) is 3.20. The third-order valence-electron chi connectivity index (χ3n) is 3.33. The Morgan fingerprint density at radius 2 is 2.00 bits per heavy atom. The number of amides is 2. The largest absolute Gasteiger partial charge is 0.376 e. The maximum Gasteiger partial charge on any atom is 0.258 e. The molecule has 6 nitrogen and oxygen atoms in total.